The molecule has 0 spiro atoms. The first-order valence-electron chi connectivity index (χ1n) is 6.24. The lowest BCUT2D eigenvalue weighted by atomic mass is 10.3. The van der Waals surface area contributed by atoms with E-state index in [4.69, 9.17) is 16.3 Å². The molecule has 0 saturated carbocycles. The highest BCUT2D eigenvalue weighted by Gasteiger charge is 1.98. The second kappa shape index (κ2) is 8.67. The minimum Gasteiger partial charge on any atom is -0.383 e. The maximum atomic E-state index is 8.71. The zero-order chi connectivity index (χ0) is 16.4. The zero-order valence-corrected chi connectivity index (χ0v) is 12.3. The van der Waals surface area contributed by atoms with Crippen LogP contribution >= 0.6 is 0 Å². The van der Waals surface area contributed by atoms with E-state index < -0.39 is 0 Å². The zero-order valence-electron chi connectivity index (χ0n) is 12.3. The molecule has 0 radical (unpaired) electrons. The average molecular weight is 293 g/mol. The lowest BCUT2D eigenvalue weighted by Gasteiger charge is -2.01. The van der Waals surface area contributed by atoms with Crippen molar-refractivity contribution in [3.8, 4) is 12.1 Å². The van der Waals surface area contributed by atoms with Gasteiger partial charge in [0.2, 0.25) is 0 Å². The predicted octanol–water partition coefficient (Wildman–Crippen LogP) is 1.71. The van der Waals surface area contributed by atoms with Crippen LogP contribution in [0.4, 0.5) is 11.6 Å². The van der Waals surface area contributed by atoms with Gasteiger partial charge in [0.05, 0.1) is 17.5 Å². The second-order valence-corrected chi connectivity index (χ2v) is 4.24. The van der Waals surface area contributed by atoms with Crippen LogP contribution in [-0.4, -0.2) is 35.3 Å². The number of aromatic nitrogens is 2. The number of nitrogens with two attached hydrogens (primary N) is 1. The normalized spacial score (nSPS) is 9.27. The standard InChI is InChI=1S/C9H10N4.C6H5N3/c1-13(2)7-12-9-8(6-10)4-3-5-11-9;7-4-5-2-1-3-9-6(5)8/h3-5,7H,1-2H3;1-3H,(H2,8,9). The van der Waals surface area contributed by atoms with Crippen LogP contribution < -0.4 is 5.73 Å². The highest BCUT2D eigenvalue weighted by molar-refractivity contribution is 5.62. The van der Waals surface area contributed by atoms with Crippen molar-refractivity contribution in [1.29, 1.82) is 10.5 Å². The van der Waals surface area contributed by atoms with Gasteiger partial charge >= 0.3 is 0 Å². The third kappa shape index (κ3) is 5.27. The highest BCUT2D eigenvalue weighted by atomic mass is 15.1. The fraction of sp³-hybridized carbons (Fsp3) is 0.133. The van der Waals surface area contributed by atoms with E-state index in [2.05, 4.69) is 15.0 Å². The van der Waals surface area contributed by atoms with Crippen molar-refractivity contribution in [2.24, 2.45) is 4.99 Å². The third-order valence-electron chi connectivity index (χ3n) is 2.28. The first-order chi connectivity index (χ1) is 10.6. The Balaban J connectivity index is 0.000000235. The van der Waals surface area contributed by atoms with Gasteiger partial charge in [-0.3, -0.25) is 0 Å². The van der Waals surface area contributed by atoms with E-state index in [0.717, 1.165) is 0 Å². The van der Waals surface area contributed by atoms with E-state index in [0.29, 0.717) is 22.8 Å². The molecule has 2 aromatic rings. The molecule has 22 heavy (non-hydrogen) atoms. The van der Waals surface area contributed by atoms with Gasteiger partial charge in [0.15, 0.2) is 5.82 Å². The van der Waals surface area contributed by atoms with Gasteiger partial charge in [-0.2, -0.15) is 10.5 Å². The van der Waals surface area contributed by atoms with Gasteiger partial charge in [0.1, 0.15) is 18.0 Å². The van der Waals surface area contributed by atoms with Crippen molar-refractivity contribution in [1.82, 2.24) is 14.9 Å². The molecule has 110 valence electrons. The van der Waals surface area contributed by atoms with Crippen LogP contribution in [0.15, 0.2) is 41.7 Å². The molecule has 2 N–H and O–H groups in total. The van der Waals surface area contributed by atoms with E-state index in [9.17, 15) is 0 Å². The molecule has 7 nitrogen and oxygen atoms in total. The van der Waals surface area contributed by atoms with Gasteiger partial charge in [-0.1, -0.05) is 0 Å². The molecule has 7 heteroatoms. The Hall–Kier alpha value is -3.45. The van der Waals surface area contributed by atoms with Gasteiger partial charge in [0.25, 0.3) is 0 Å². The summed E-state index contributed by atoms with van der Waals surface area (Å²) in [5.74, 6) is 0.749. The van der Waals surface area contributed by atoms with Crippen LogP contribution in [-0.2, 0) is 0 Å². The van der Waals surface area contributed by atoms with Gasteiger partial charge in [0, 0.05) is 26.5 Å². The van der Waals surface area contributed by atoms with Gasteiger partial charge in [-0.25, -0.2) is 15.0 Å². The van der Waals surface area contributed by atoms with Crippen molar-refractivity contribution in [2.45, 2.75) is 0 Å². The largest absolute Gasteiger partial charge is 0.383 e. The molecule has 2 rings (SSSR count). The van der Waals surface area contributed by atoms with E-state index in [1.165, 1.54) is 0 Å². The minimum absolute atomic E-state index is 0.292. The Morgan fingerprint density at radius 1 is 1.09 bits per heavy atom. The molecular formula is C15H15N7. The number of nitrogen functional groups attached to an aromatic ring is 1. The molecule has 0 saturated heterocycles. The third-order valence-corrected chi connectivity index (χ3v) is 2.28. The Kier molecular flexibility index (Phi) is 6.54. The quantitative estimate of drug-likeness (QED) is 0.665. The molecule has 0 aliphatic heterocycles. The number of nitrogens with zero attached hydrogens (tertiary/aromatic N) is 6. The Labute approximate surface area is 129 Å². The molecule has 0 fully saturated rings. The summed E-state index contributed by atoms with van der Waals surface area (Å²) in [7, 11) is 3.72. The second-order valence-electron chi connectivity index (χ2n) is 4.24. The van der Waals surface area contributed by atoms with Crippen molar-refractivity contribution >= 4 is 18.0 Å². The molecule has 0 unspecified atom stereocenters. The average Bonchev–Trinajstić information content (AvgIpc) is 2.54. The smallest absolute Gasteiger partial charge is 0.171 e. The van der Waals surface area contributed by atoms with Crippen LogP contribution in [0.25, 0.3) is 0 Å². The van der Waals surface area contributed by atoms with Crippen LogP contribution in [0.3, 0.4) is 0 Å². The molecule has 0 aromatic carbocycles. The number of pyridine rings is 2. The fourth-order valence-electron chi connectivity index (χ4n) is 1.27. The number of nitriles is 2. The maximum absolute atomic E-state index is 8.71. The summed E-state index contributed by atoms with van der Waals surface area (Å²) in [5, 5.41) is 17.1. The van der Waals surface area contributed by atoms with E-state index in [-0.39, 0.29) is 0 Å². The van der Waals surface area contributed by atoms with E-state index >= 15 is 0 Å². The number of anilines is 1. The fourth-order valence-corrected chi connectivity index (χ4v) is 1.27. The summed E-state index contributed by atoms with van der Waals surface area (Å²) in [6, 6.07) is 10.6. The first-order valence-corrected chi connectivity index (χ1v) is 6.24. The lowest BCUT2D eigenvalue weighted by molar-refractivity contribution is 0.643. The summed E-state index contributed by atoms with van der Waals surface area (Å²) in [4.78, 5) is 13.5. The summed E-state index contributed by atoms with van der Waals surface area (Å²) >= 11 is 0. The molecule has 0 amide bonds. The van der Waals surface area contributed by atoms with E-state index in [1.807, 2.05) is 26.2 Å². The summed E-state index contributed by atoms with van der Waals surface area (Å²) < 4.78 is 0. The molecule has 2 aromatic heterocycles. The summed E-state index contributed by atoms with van der Waals surface area (Å²) in [6.45, 7) is 0. The van der Waals surface area contributed by atoms with Crippen LogP contribution in [0.2, 0.25) is 0 Å². The number of hydrogen-bond donors (Lipinski definition) is 1. The van der Waals surface area contributed by atoms with E-state index in [1.54, 1.807) is 47.9 Å². The lowest BCUT2D eigenvalue weighted by Crippen LogP contribution is -2.07. The number of aliphatic imine (C=N–C) groups is 1. The first kappa shape index (κ1) is 16.6. The SMILES string of the molecule is CN(C)C=Nc1ncccc1C#N.N#Cc1cccnc1N. The van der Waals surface area contributed by atoms with Crippen molar-refractivity contribution in [3.63, 3.8) is 0 Å². The Morgan fingerprint density at radius 3 is 2.18 bits per heavy atom. The van der Waals surface area contributed by atoms with Crippen LogP contribution in [0, 0.1) is 22.7 Å². The van der Waals surface area contributed by atoms with Crippen LogP contribution in [0.5, 0.6) is 0 Å². The summed E-state index contributed by atoms with van der Waals surface area (Å²) in [5.41, 5.74) is 6.21. The molecular weight excluding hydrogens is 278 g/mol. The van der Waals surface area contributed by atoms with Gasteiger partial charge < -0.3 is 10.6 Å². The molecule has 0 aliphatic rings. The van der Waals surface area contributed by atoms with Crippen LogP contribution in [0.1, 0.15) is 11.1 Å². The number of hydrogen-bond acceptors (Lipinski definition) is 6. The van der Waals surface area contributed by atoms with Crippen molar-refractivity contribution in [2.75, 3.05) is 19.8 Å². The molecule has 0 atom stereocenters. The van der Waals surface area contributed by atoms with Gasteiger partial charge in [-0.05, 0) is 24.3 Å². The van der Waals surface area contributed by atoms with Crippen molar-refractivity contribution < 1.29 is 0 Å². The Bertz CT molecular complexity index is 723. The Morgan fingerprint density at radius 2 is 1.68 bits per heavy atom. The monoisotopic (exact) mass is 293 g/mol. The molecule has 2 heterocycles. The van der Waals surface area contributed by atoms with Crippen molar-refractivity contribution in [3.05, 3.63) is 47.8 Å². The maximum Gasteiger partial charge on any atom is 0.171 e. The predicted molar refractivity (Wildman–Crippen MR) is 84.2 cm³/mol. The topological polar surface area (TPSA) is 115 Å². The summed E-state index contributed by atoms with van der Waals surface area (Å²) in [6.07, 6.45) is 4.78. The molecule has 0 bridgehead atoms. The minimum atomic E-state index is 0.292. The number of rotatable bonds is 2. The van der Waals surface area contributed by atoms with Gasteiger partial charge in [-0.15, -0.1) is 0 Å². The molecule has 0 aliphatic carbocycles. The highest BCUT2D eigenvalue weighted by Crippen LogP contribution is 2.12.